The van der Waals surface area contributed by atoms with Crippen molar-refractivity contribution in [3.63, 3.8) is 0 Å². The molecule has 0 fully saturated rings. The number of aliphatic imine (C=N–C) groups is 1. The van der Waals surface area contributed by atoms with E-state index in [2.05, 4.69) is 0 Å². The van der Waals surface area contributed by atoms with Crippen molar-refractivity contribution in [2.45, 2.75) is 6.92 Å². The molecule has 0 saturated heterocycles. The summed E-state index contributed by atoms with van der Waals surface area (Å²) in [5, 5.41) is 0. The molecule has 1 heterocycles. The number of amides is 1. The number of hydrogen-bond donors (Lipinski definition) is 0. The zero-order valence-corrected chi connectivity index (χ0v) is 15.8. The van der Waals surface area contributed by atoms with E-state index in [1.54, 1.807) is 12.0 Å². The molecule has 3 aromatic carbocycles. The van der Waals surface area contributed by atoms with Crippen LogP contribution in [0.25, 0.3) is 6.08 Å². The van der Waals surface area contributed by atoms with Crippen LogP contribution in [0.3, 0.4) is 0 Å². The molecule has 0 aromatic heterocycles. The number of carbonyl (C=O) groups excluding carboxylic acids is 1. The monoisotopic (exact) mass is 368 g/mol. The first-order valence-electron chi connectivity index (χ1n) is 9.07. The van der Waals surface area contributed by atoms with Gasteiger partial charge in [-0.1, -0.05) is 54.1 Å². The van der Waals surface area contributed by atoms with Gasteiger partial charge in [-0.2, -0.15) is 0 Å². The lowest BCUT2D eigenvalue weighted by Gasteiger charge is -2.19. The Morgan fingerprint density at radius 3 is 2.36 bits per heavy atom. The Bertz CT molecular complexity index is 1070. The predicted octanol–water partition coefficient (Wildman–Crippen LogP) is 4.84. The van der Waals surface area contributed by atoms with Gasteiger partial charge in [0.25, 0.3) is 5.91 Å². The smallest absolute Gasteiger partial charge is 0.282 e. The van der Waals surface area contributed by atoms with E-state index in [1.807, 2.05) is 91.9 Å². The number of rotatable bonds is 4. The van der Waals surface area contributed by atoms with E-state index in [-0.39, 0.29) is 5.91 Å². The highest BCUT2D eigenvalue weighted by molar-refractivity contribution is 6.33. The Kier molecular flexibility index (Phi) is 4.77. The minimum atomic E-state index is -0.148. The van der Waals surface area contributed by atoms with Gasteiger partial charge in [0, 0.05) is 5.56 Å². The standard InChI is InChI=1S/C24H20N2O2/c1-17-7-6-10-19(15-17)23-25-22(16-18-8-4-3-5-9-18)24(27)26(23)20-11-13-21(28-2)14-12-20/h3-16H,1-2H3/b22-16+. The van der Waals surface area contributed by atoms with Gasteiger partial charge in [-0.05, 0) is 48.9 Å². The molecule has 0 N–H and O–H groups in total. The van der Waals surface area contributed by atoms with Gasteiger partial charge in [-0.3, -0.25) is 9.69 Å². The van der Waals surface area contributed by atoms with Gasteiger partial charge in [-0.15, -0.1) is 0 Å². The van der Waals surface area contributed by atoms with Crippen LogP contribution in [0.4, 0.5) is 5.69 Å². The van der Waals surface area contributed by atoms with Crippen LogP contribution in [0.2, 0.25) is 0 Å². The van der Waals surface area contributed by atoms with Crippen molar-refractivity contribution in [1.82, 2.24) is 0 Å². The Morgan fingerprint density at radius 2 is 1.68 bits per heavy atom. The molecular weight excluding hydrogens is 348 g/mol. The number of carbonyl (C=O) groups is 1. The molecule has 4 rings (SSSR count). The fourth-order valence-corrected chi connectivity index (χ4v) is 3.17. The maximum atomic E-state index is 13.2. The third kappa shape index (κ3) is 3.45. The highest BCUT2D eigenvalue weighted by Crippen LogP contribution is 2.29. The topological polar surface area (TPSA) is 41.9 Å². The molecule has 0 spiro atoms. The number of ether oxygens (including phenoxy) is 1. The molecule has 138 valence electrons. The summed E-state index contributed by atoms with van der Waals surface area (Å²) in [6, 6.07) is 25.2. The number of anilines is 1. The molecule has 0 atom stereocenters. The summed E-state index contributed by atoms with van der Waals surface area (Å²) in [6.07, 6.45) is 1.82. The molecule has 0 radical (unpaired) electrons. The number of methoxy groups -OCH3 is 1. The minimum absolute atomic E-state index is 0.148. The molecule has 0 bridgehead atoms. The number of benzene rings is 3. The van der Waals surface area contributed by atoms with E-state index in [4.69, 9.17) is 9.73 Å². The summed E-state index contributed by atoms with van der Waals surface area (Å²) in [7, 11) is 1.62. The number of aryl methyl sites for hydroxylation is 1. The first kappa shape index (κ1) is 17.7. The van der Waals surface area contributed by atoms with Crippen molar-refractivity contribution >= 4 is 23.5 Å². The zero-order chi connectivity index (χ0) is 19.5. The van der Waals surface area contributed by atoms with E-state index in [0.29, 0.717) is 11.5 Å². The second kappa shape index (κ2) is 7.53. The van der Waals surface area contributed by atoms with Crippen molar-refractivity contribution < 1.29 is 9.53 Å². The molecule has 0 unspecified atom stereocenters. The normalized spacial score (nSPS) is 15.1. The highest BCUT2D eigenvalue weighted by atomic mass is 16.5. The second-order valence-corrected chi connectivity index (χ2v) is 6.58. The van der Waals surface area contributed by atoms with Gasteiger partial charge in [0.2, 0.25) is 0 Å². The second-order valence-electron chi connectivity index (χ2n) is 6.58. The zero-order valence-electron chi connectivity index (χ0n) is 15.8. The largest absolute Gasteiger partial charge is 0.497 e. The predicted molar refractivity (Wildman–Crippen MR) is 113 cm³/mol. The van der Waals surface area contributed by atoms with Gasteiger partial charge in [0.05, 0.1) is 12.8 Å². The highest BCUT2D eigenvalue weighted by Gasteiger charge is 2.32. The summed E-state index contributed by atoms with van der Waals surface area (Å²) < 4.78 is 5.24. The van der Waals surface area contributed by atoms with E-state index >= 15 is 0 Å². The van der Waals surface area contributed by atoms with E-state index < -0.39 is 0 Å². The fourth-order valence-electron chi connectivity index (χ4n) is 3.17. The molecule has 0 aliphatic carbocycles. The van der Waals surface area contributed by atoms with E-state index in [1.165, 1.54) is 0 Å². The SMILES string of the molecule is COc1ccc(N2C(=O)/C(=C\c3ccccc3)N=C2c2cccc(C)c2)cc1. The molecule has 1 amide bonds. The van der Waals surface area contributed by atoms with E-state index in [0.717, 1.165) is 28.1 Å². The molecule has 28 heavy (non-hydrogen) atoms. The average Bonchev–Trinajstić information content (AvgIpc) is 3.05. The van der Waals surface area contributed by atoms with Gasteiger partial charge in [0.1, 0.15) is 17.3 Å². The lowest BCUT2D eigenvalue weighted by molar-refractivity contribution is -0.113. The summed E-state index contributed by atoms with van der Waals surface area (Å²) >= 11 is 0. The van der Waals surface area contributed by atoms with Crippen LogP contribution in [0.15, 0.2) is 89.6 Å². The van der Waals surface area contributed by atoms with Crippen LogP contribution < -0.4 is 9.64 Å². The molecule has 4 heteroatoms. The Labute approximate surface area is 164 Å². The number of hydrogen-bond acceptors (Lipinski definition) is 3. The first-order valence-corrected chi connectivity index (χ1v) is 9.07. The van der Waals surface area contributed by atoms with Crippen LogP contribution in [-0.2, 0) is 4.79 Å². The molecule has 3 aromatic rings. The van der Waals surface area contributed by atoms with Crippen molar-refractivity contribution in [3.05, 3.63) is 101 Å². The third-order valence-corrected chi connectivity index (χ3v) is 4.57. The third-order valence-electron chi connectivity index (χ3n) is 4.57. The van der Waals surface area contributed by atoms with Crippen LogP contribution in [-0.4, -0.2) is 18.9 Å². The summed E-state index contributed by atoms with van der Waals surface area (Å²) in [4.78, 5) is 19.6. The van der Waals surface area contributed by atoms with Crippen molar-refractivity contribution in [2.24, 2.45) is 4.99 Å². The van der Waals surface area contributed by atoms with Gasteiger partial charge >= 0.3 is 0 Å². The molecule has 1 aliphatic rings. The lowest BCUT2D eigenvalue weighted by Crippen LogP contribution is -2.32. The number of amidine groups is 1. The minimum Gasteiger partial charge on any atom is -0.497 e. The van der Waals surface area contributed by atoms with Gasteiger partial charge in [0.15, 0.2) is 0 Å². The summed E-state index contributed by atoms with van der Waals surface area (Å²) in [5.41, 5.74) is 4.12. The Balaban J connectivity index is 1.81. The Hall–Kier alpha value is -3.66. The molecule has 4 nitrogen and oxygen atoms in total. The van der Waals surface area contributed by atoms with Crippen LogP contribution in [0.1, 0.15) is 16.7 Å². The Morgan fingerprint density at radius 1 is 0.929 bits per heavy atom. The lowest BCUT2D eigenvalue weighted by atomic mass is 10.1. The average molecular weight is 368 g/mol. The fraction of sp³-hybridized carbons (Fsp3) is 0.0833. The summed E-state index contributed by atoms with van der Waals surface area (Å²) in [6.45, 7) is 2.03. The van der Waals surface area contributed by atoms with E-state index in [9.17, 15) is 4.79 Å². The van der Waals surface area contributed by atoms with Crippen molar-refractivity contribution in [3.8, 4) is 5.75 Å². The van der Waals surface area contributed by atoms with Crippen LogP contribution in [0, 0.1) is 6.92 Å². The van der Waals surface area contributed by atoms with Crippen LogP contribution >= 0.6 is 0 Å². The van der Waals surface area contributed by atoms with Gasteiger partial charge < -0.3 is 4.74 Å². The maximum Gasteiger partial charge on any atom is 0.282 e. The van der Waals surface area contributed by atoms with Crippen molar-refractivity contribution in [2.75, 3.05) is 12.0 Å². The molecular formula is C24H20N2O2. The molecule has 1 aliphatic heterocycles. The maximum absolute atomic E-state index is 13.2. The first-order chi connectivity index (χ1) is 13.7. The summed E-state index contributed by atoms with van der Waals surface area (Å²) in [5.74, 6) is 1.22. The number of nitrogens with zero attached hydrogens (tertiary/aromatic N) is 2. The molecule has 0 saturated carbocycles. The van der Waals surface area contributed by atoms with Crippen LogP contribution in [0.5, 0.6) is 5.75 Å². The van der Waals surface area contributed by atoms with Crippen molar-refractivity contribution in [1.29, 1.82) is 0 Å². The van der Waals surface area contributed by atoms with Gasteiger partial charge in [-0.25, -0.2) is 4.99 Å². The quantitative estimate of drug-likeness (QED) is 0.619.